The van der Waals surface area contributed by atoms with Gasteiger partial charge in [0.15, 0.2) is 9.84 Å². The van der Waals surface area contributed by atoms with Gasteiger partial charge in [0.05, 0.1) is 16.1 Å². The van der Waals surface area contributed by atoms with Crippen molar-refractivity contribution in [3.8, 4) is 0 Å². The number of sulfone groups is 1. The van der Waals surface area contributed by atoms with E-state index >= 15 is 0 Å². The van der Waals surface area contributed by atoms with Gasteiger partial charge in [-0.3, -0.25) is 0 Å². The van der Waals surface area contributed by atoms with Gasteiger partial charge in [0.2, 0.25) is 0 Å². The van der Waals surface area contributed by atoms with E-state index in [-0.39, 0.29) is 12.6 Å². The molecule has 0 aliphatic rings. The van der Waals surface area contributed by atoms with E-state index in [1.807, 2.05) is 20.8 Å². The van der Waals surface area contributed by atoms with E-state index in [2.05, 4.69) is 10.4 Å². The molecule has 0 aliphatic heterocycles. The predicted molar refractivity (Wildman–Crippen MR) is 79.2 cm³/mol. The SMILES string of the molecule is Cc1nn(C(C)C)c(NCC(C)(C)S(C)(=O)=O)c1N. The number of hydrogen-bond acceptors (Lipinski definition) is 5. The second-order valence-electron chi connectivity index (χ2n) is 5.77. The van der Waals surface area contributed by atoms with Gasteiger partial charge in [0.25, 0.3) is 0 Å². The van der Waals surface area contributed by atoms with Crippen LogP contribution in [0, 0.1) is 6.92 Å². The van der Waals surface area contributed by atoms with Crippen LogP contribution in [0.15, 0.2) is 0 Å². The van der Waals surface area contributed by atoms with Crippen LogP contribution < -0.4 is 11.1 Å². The first-order chi connectivity index (χ1) is 8.47. The Kier molecular flexibility index (Phi) is 4.19. The molecule has 0 atom stereocenters. The van der Waals surface area contributed by atoms with Crippen LogP contribution in [0.5, 0.6) is 0 Å². The Labute approximate surface area is 115 Å². The number of rotatable bonds is 5. The second kappa shape index (κ2) is 5.03. The van der Waals surface area contributed by atoms with E-state index in [0.717, 1.165) is 5.69 Å². The van der Waals surface area contributed by atoms with Crippen molar-refractivity contribution in [1.82, 2.24) is 9.78 Å². The molecule has 1 rings (SSSR count). The number of nitrogen functional groups attached to an aromatic ring is 1. The molecule has 0 saturated heterocycles. The third-order valence-corrected chi connectivity index (χ3v) is 5.46. The lowest BCUT2D eigenvalue weighted by molar-refractivity contribution is 0.529. The zero-order valence-corrected chi connectivity index (χ0v) is 13.3. The molecule has 0 aromatic carbocycles. The maximum Gasteiger partial charge on any atom is 0.154 e. The maximum absolute atomic E-state index is 11.7. The number of aromatic nitrogens is 2. The first-order valence-electron chi connectivity index (χ1n) is 6.25. The number of nitrogens with two attached hydrogens (primary N) is 1. The van der Waals surface area contributed by atoms with Gasteiger partial charge in [0, 0.05) is 18.8 Å². The zero-order chi connectivity index (χ0) is 15.0. The lowest BCUT2D eigenvalue weighted by atomic mass is 10.2. The van der Waals surface area contributed by atoms with Crippen LogP contribution in [0.1, 0.15) is 39.4 Å². The topological polar surface area (TPSA) is 90.0 Å². The molecule has 0 aliphatic carbocycles. The summed E-state index contributed by atoms with van der Waals surface area (Å²) in [5, 5.41) is 7.48. The molecular formula is C12H24N4O2S. The number of nitrogens with one attached hydrogen (secondary N) is 1. The number of aryl methyl sites for hydroxylation is 1. The largest absolute Gasteiger partial charge is 0.394 e. The van der Waals surface area contributed by atoms with E-state index in [1.54, 1.807) is 18.5 Å². The molecule has 7 heteroatoms. The van der Waals surface area contributed by atoms with Crippen molar-refractivity contribution < 1.29 is 8.42 Å². The van der Waals surface area contributed by atoms with E-state index in [1.165, 1.54) is 6.26 Å². The molecule has 0 bridgehead atoms. The molecule has 0 fully saturated rings. The third kappa shape index (κ3) is 3.20. The summed E-state index contributed by atoms with van der Waals surface area (Å²) in [4.78, 5) is 0. The highest BCUT2D eigenvalue weighted by Gasteiger charge is 2.30. The van der Waals surface area contributed by atoms with Gasteiger partial charge in [-0.15, -0.1) is 0 Å². The van der Waals surface area contributed by atoms with Gasteiger partial charge < -0.3 is 11.1 Å². The van der Waals surface area contributed by atoms with Crippen molar-refractivity contribution in [1.29, 1.82) is 0 Å². The summed E-state index contributed by atoms with van der Waals surface area (Å²) in [7, 11) is -3.14. The zero-order valence-electron chi connectivity index (χ0n) is 12.5. The minimum atomic E-state index is -3.14. The maximum atomic E-state index is 11.7. The van der Waals surface area contributed by atoms with Crippen molar-refractivity contribution in [3.63, 3.8) is 0 Å². The Hall–Kier alpha value is -1.24. The van der Waals surface area contributed by atoms with E-state index in [9.17, 15) is 8.42 Å². The van der Waals surface area contributed by atoms with Crippen molar-refractivity contribution >= 4 is 21.3 Å². The van der Waals surface area contributed by atoms with Gasteiger partial charge >= 0.3 is 0 Å². The minimum Gasteiger partial charge on any atom is -0.394 e. The summed E-state index contributed by atoms with van der Waals surface area (Å²) in [6.45, 7) is 9.50. The molecule has 6 nitrogen and oxygen atoms in total. The van der Waals surface area contributed by atoms with Crippen LogP contribution in [-0.2, 0) is 9.84 Å². The lowest BCUT2D eigenvalue weighted by Crippen LogP contribution is -2.38. The smallest absolute Gasteiger partial charge is 0.154 e. The van der Waals surface area contributed by atoms with Crippen molar-refractivity contribution in [2.24, 2.45) is 0 Å². The Morgan fingerprint density at radius 3 is 2.37 bits per heavy atom. The molecule has 110 valence electrons. The fourth-order valence-electron chi connectivity index (χ4n) is 1.54. The van der Waals surface area contributed by atoms with Gasteiger partial charge in [-0.1, -0.05) is 0 Å². The molecule has 1 heterocycles. The van der Waals surface area contributed by atoms with Crippen LogP contribution in [-0.4, -0.2) is 35.7 Å². The third-order valence-electron chi connectivity index (χ3n) is 3.31. The van der Waals surface area contributed by atoms with E-state index in [4.69, 9.17) is 5.73 Å². The van der Waals surface area contributed by atoms with Crippen molar-refractivity contribution in [2.45, 2.75) is 45.4 Å². The molecule has 1 aromatic heterocycles. The molecule has 0 amide bonds. The van der Waals surface area contributed by atoms with E-state index < -0.39 is 14.6 Å². The number of anilines is 2. The lowest BCUT2D eigenvalue weighted by Gasteiger charge is -2.24. The van der Waals surface area contributed by atoms with Crippen LogP contribution in [0.2, 0.25) is 0 Å². The molecule has 1 aromatic rings. The van der Waals surface area contributed by atoms with E-state index in [0.29, 0.717) is 11.5 Å². The van der Waals surface area contributed by atoms with Gasteiger partial charge in [0.1, 0.15) is 5.82 Å². The first kappa shape index (κ1) is 15.8. The van der Waals surface area contributed by atoms with Crippen LogP contribution >= 0.6 is 0 Å². The Morgan fingerprint density at radius 1 is 1.42 bits per heavy atom. The molecule has 0 spiro atoms. The second-order valence-corrected chi connectivity index (χ2v) is 8.42. The monoisotopic (exact) mass is 288 g/mol. The Balaban J connectivity index is 3.02. The van der Waals surface area contributed by atoms with Crippen molar-refractivity contribution in [2.75, 3.05) is 23.9 Å². The summed E-state index contributed by atoms with van der Waals surface area (Å²) in [5.41, 5.74) is 7.30. The normalized spacial score (nSPS) is 13.0. The molecule has 0 unspecified atom stereocenters. The molecule has 0 radical (unpaired) electrons. The Morgan fingerprint density at radius 2 is 1.95 bits per heavy atom. The quantitative estimate of drug-likeness (QED) is 0.858. The average molecular weight is 288 g/mol. The molecule has 0 saturated carbocycles. The van der Waals surface area contributed by atoms with Crippen LogP contribution in [0.4, 0.5) is 11.5 Å². The van der Waals surface area contributed by atoms with Gasteiger partial charge in [-0.25, -0.2) is 13.1 Å². The average Bonchev–Trinajstić information content (AvgIpc) is 2.51. The summed E-state index contributed by atoms with van der Waals surface area (Å²) in [6, 6.07) is 0.153. The standard InChI is InChI=1S/C12H24N4O2S/c1-8(2)16-11(10(13)9(3)15-16)14-7-12(4,5)19(6,17)18/h8,14H,7,13H2,1-6H3. The fourth-order valence-corrected chi connectivity index (χ4v) is 1.87. The number of hydrogen-bond donors (Lipinski definition) is 2. The molecule has 3 N–H and O–H groups in total. The van der Waals surface area contributed by atoms with Crippen molar-refractivity contribution in [3.05, 3.63) is 5.69 Å². The molecular weight excluding hydrogens is 264 g/mol. The summed E-state index contributed by atoms with van der Waals surface area (Å²) < 4.78 is 24.3. The Bertz CT molecular complexity index is 559. The highest BCUT2D eigenvalue weighted by molar-refractivity contribution is 7.92. The van der Waals surface area contributed by atoms with Gasteiger partial charge in [-0.2, -0.15) is 5.10 Å². The summed E-state index contributed by atoms with van der Waals surface area (Å²) in [5.74, 6) is 0.684. The van der Waals surface area contributed by atoms with Gasteiger partial charge in [-0.05, 0) is 34.6 Å². The fraction of sp³-hybridized carbons (Fsp3) is 0.750. The predicted octanol–water partition coefficient (Wildman–Crippen LogP) is 1.59. The minimum absolute atomic E-state index is 0.153. The summed E-state index contributed by atoms with van der Waals surface area (Å²) >= 11 is 0. The molecule has 19 heavy (non-hydrogen) atoms. The summed E-state index contributed by atoms with van der Waals surface area (Å²) in [6.07, 6.45) is 1.24. The van der Waals surface area contributed by atoms with Crippen LogP contribution in [0.3, 0.4) is 0 Å². The highest BCUT2D eigenvalue weighted by Crippen LogP contribution is 2.26. The van der Waals surface area contributed by atoms with Crippen LogP contribution in [0.25, 0.3) is 0 Å². The number of nitrogens with zero attached hydrogens (tertiary/aromatic N) is 2. The first-order valence-corrected chi connectivity index (χ1v) is 8.14. The highest BCUT2D eigenvalue weighted by atomic mass is 32.2.